The van der Waals surface area contributed by atoms with Crippen molar-refractivity contribution in [1.82, 2.24) is 10.3 Å². The van der Waals surface area contributed by atoms with Crippen molar-refractivity contribution in [1.29, 1.82) is 0 Å². The zero-order valence-corrected chi connectivity index (χ0v) is 14.0. The minimum Gasteiger partial charge on any atom is -0.301 e. The molecule has 4 rings (SSSR count). The molecule has 2 heteroatoms. The first-order chi connectivity index (χ1) is 12.4. The highest BCUT2D eigenvalue weighted by Gasteiger charge is 2.17. The Kier molecular flexibility index (Phi) is 4.53. The summed E-state index contributed by atoms with van der Waals surface area (Å²) in [7, 11) is 0. The average molecular weight is 324 g/mol. The summed E-state index contributed by atoms with van der Waals surface area (Å²) in [5.41, 5.74) is 3.56. The lowest BCUT2D eigenvalue weighted by Crippen LogP contribution is -2.23. The molecule has 1 heterocycles. The molecule has 25 heavy (non-hydrogen) atoms. The lowest BCUT2D eigenvalue weighted by atomic mass is 9.96. The van der Waals surface area contributed by atoms with Gasteiger partial charge in [0.25, 0.3) is 0 Å². The topological polar surface area (TPSA) is 24.9 Å². The first-order valence-corrected chi connectivity index (χ1v) is 8.58. The number of fused-ring (bicyclic) bond motifs is 1. The quantitative estimate of drug-likeness (QED) is 0.551. The summed E-state index contributed by atoms with van der Waals surface area (Å²) < 4.78 is 0. The normalized spacial score (nSPS) is 12.2. The predicted octanol–water partition coefficient (Wildman–Crippen LogP) is 5.11. The van der Waals surface area contributed by atoms with Crippen LogP contribution in [0.3, 0.4) is 0 Å². The van der Waals surface area contributed by atoms with E-state index in [1.165, 1.54) is 21.9 Å². The predicted molar refractivity (Wildman–Crippen MR) is 103 cm³/mol. The Bertz CT molecular complexity index is 944. The van der Waals surface area contributed by atoms with Crippen LogP contribution in [0.25, 0.3) is 10.8 Å². The number of nitrogens with one attached hydrogen (secondary N) is 1. The lowest BCUT2D eigenvalue weighted by molar-refractivity contribution is 0.595. The minimum absolute atomic E-state index is 0.0486. The van der Waals surface area contributed by atoms with Gasteiger partial charge in [-0.15, -0.1) is 0 Å². The van der Waals surface area contributed by atoms with Gasteiger partial charge in [0.15, 0.2) is 0 Å². The van der Waals surface area contributed by atoms with Gasteiger partial charge in [-0.3, -0.25) is 4.98 Å². The SMILES string of the molecule is c1ccc(CNC(c2ccccn2)c2cccc3ccccc23)cc1. The molecule has 3 aromatic carbocycles. The highest BCUT2D eigenvalue weighted by molar-refractivity contribution is 5.86. The number of benzene rings is 3. The number of hydrogen-bond donors (Lipinski definition) is 1. The van der Waals surface area contributed by atoms with Crippen molar-refractivity contribution in [3.05, 3.63) is 114 Å². The fourth-order valence-corrected chi connectivity index (χ4v) is 3.24. The summed E-state index contributed by atoms with van der Waals surface area (Å²) in [5, 5.41) is 6.22. The van der Waals surface area contributed by atoms with E-state index in [-0.39, 0.29) is 6.04 Å². The molecule has 0 saturated carbocycles. The van der Waals surface area contributed by atoms with Crippen LogP contribution >= 0.6 is 0 Å². The van der Waals surface area contributed by atoms with Crippen molar-refractivity contribution < 1.29 is 0 Å². The molecule has 0 amide bonds. The zero-order valence-electron chi connectivity index (χ0n) is 14.0. The van der Waals surface area contributed by atoms with Gasteiger partial charge >= 0.3 is 0 Å². The van der Waals surface area contributed by atoms with Gasteiger partial charge in [-0.05, 0) is 34.0 Å². The summed E-state index contributed by atoms with van der Waals surface area (Å²) in [6, 6.07) is 31.6. The van der Waals surface area contributed by atoms with Crippen LogP contribution < -0.4 is 5.32 Å². The molecule has 0 aliphatic heterocycles. The molecule has 122 valence electrons. The summed E-state index contributed by atoms with van der Waals surface area (Å²) >= 11 is 0. The van der Waals surface area contributed by atoms with E-state index in [0.29, 0.717) is 0 Å². The van der Waals surface area contributed by atoms with E-state index < -0.39 is 0 Å². The molecule has 4 aromatic rings. The van der Waals surface area contributed by atoms with Gasteiger partial charge in [-0.25, -0.2) is 0 Å². The Morgan fingerprint density at radius 2 is 1.48 bits per heavy atom. The summed E-state index contributed by atoms with van der Waals surface area (Å²) in [6.07, 6.45) is 1.86. The maximum Gasteiger partial charge on any atom is 0.0760 e. The highest BCUT2D eigenvalue weighted by atomic mass is 14.9. The standard InChI is InChI=1S/C23H20N2/c1-2-9-18(10-3-1)17-25-23(22-15-6-7-16-24-22)21-14-8-12-19-11-4-5-13-20(19)21/h1-16,23,25H,17H2. The number of pyridine rings is 1. The molecule has 0 radical (unpaired) electrons. The molecule has 0 spiro atoms. The largest absolute Gasteiger partial charge is 0.301 e. The van der Waals surface area contributed by atoms with Crippen LogP contribution in [0.2, 0.25) is 0 Å². The van der Waals surface area contributed by atoms with Gasteiger partial charge < -0.3 is 5.32 Å². The van der Waals surface area contributed by atoms with E-state index in [2.05, 4.69) is 83.1 Å². The van der Waals surface area contributed by atoms with Crippen molar-refractivity contribution in [2.75, 3.05) is 0 Å². The Morgan fingerprint density at radius 1 is 0.720 bits per heavy atom. The third-order valence-electron chi connectivity index (χ3n) is 4.47. The Morgan fingerprint density at radius 3 is 2.32 bits per heavy atom. The third kappa shape index (κ3) is 3.44. The molecule has 0 saturated heterocycles. The van der Waals surface area contributed by atoms with E-state index in [4.69, 9.17) is 0 Å². The van der Waals surface area contributed by atoms with E-state index in [1.54, 1.807) is 0 Å². The van der Waals surface area contributed by atoms with E-state index in [1.807, 2.05) is 24.4 Å². The minimum atomic E-state index is 0.0486. The van der Waals surface area contributed by atoms with E-state index in [0.717, 1.165) is 12.2 Å². The van der Waals surface area contributed by atoms with Crippen LogP contribution in [0.5, 0.6) is 0 Å². The number of aromatic nitrogens is 1. The first-order valence-electron chi connectivity index (χ1n) is 8.58. The van der Waals surface area contributed by atoms with Crippen molar-refractivity contribution in [2.24, 2.45) is 0 Å². The molecule has 1 N–H and O–H groups in total. The van der Waals surface area contributed by atoms with Crippen molar-refractivity contribution in [2.45, 2.75) is 12.6 Å². The monoisotopic (exact) mass is 324 g/mol. The molecular formula is C23H20N2. The number of hydrogen-bond acceptors (Lipinski definition) is 2. The molecular weight excluding hydrogens is 304 g/mol. The molecule has 0 bridgehead atoms. The van der Waals surface area contributed by atoms with Gasteiger partial charge in [0, 0.05) is 12.7 Å². The van der Waals surface area contributed by atoms with Gasteiger partial charge in [0.05, 0.1) is 11.7 Å². The first kappa shape index (κ1) is 15.6. The second-order valence-corrected chi connectivity index (χ2v) is 6.12. The Hall–Kier alpha value is -2.97. The van der Waals surface area contributed by atoms with Gasteiger partial charge in [-0.1, -0.05) is 78.9 Å². The molecule has 0 aliphatic rings. The molecule has 1 aromatic heterocycles. The second-order valence-electron chi connectivity index (χ2n) is 6.12. The summed E-state index contributed by atoms with van der Waals surface area (Å²) in [5.74, 6) is 0. The number of rotatable bonds is 5. The van der Waals surface area contributed by atoms with Crippen LogP contribution in [0.1, 0.15) is 22.9 Å². The second kappa shape index (κ2) is 7.29. The van der Waals surface area contributed by atoms with Gasteiger partial charge in [0.2, 0.25) is 0 Å². The summed E-state index contributed by atoms with van der Waals surface area (Å²) in [6.45, 7) is 0.797. The molecule has 0 aliphatic carbocycles. The molecule has 1 unspecified atom stereocenters. The Labute approximate surface area is 148 Å². The highest BCUT2D eigenvalue weighted by Crippen LogP contribution is 2.28. The average Bonchev–Trinajstić information content (AvgIpc) is 2.70. The van der Waals surface area contributed by atoms with Crippen LogP contribution in [-0.2, 0) is 6.54 Å². The zero-order chi connectivity index (χ0) is 16.9. The van der Waals surface area contributed by atoms with Crippen molar-refractivity contribution in [3.63, 3.8) is 0 Å². The van der Waals surface area contributed by atoms with Crippen LogP contribution in [0.15, 0.2) is 97.2 Å². The Balaban J connectivity index is 1.74. The van der Waals surface area contributed by atoms with E-state index >= 15 is 0 Å². The molecule has 1 atom stereocenters. The smallest absolute Gasteiger partial charge is 0.0760 e. The van der Waals surface area contributed by atoms with Gasteiger partial charge in [-0.2, -0.15) is 0 Å². The third-order valence-corrected chi connectivity index (χ3v) is 4.47. The van der Waals surface area contributed by atoms with Crippen molar-refractivity contribution >= 4 is 10.8 Å². The number of nitrogens with zero attached hydrogens (tertiary/aromatic N) is 1. The fraction of sp³-hybridized carbons (Fsp3) is 0.0870. The maximum absolute atomic E-state index is 4.61. The van der Waals surface area contributed by atoms with Crippen LogP contribution in [0.4, 0.5) is 0 Å². The maximum atomic E-state index is 4.61. The molecule has 0 fully saturated rings. The fourth-order valence-electron chi connectivity index (χ4n) is 3.24. The van der Waals surface area contributed by atoms with Crippen molar-refractivity contribution in [3.8, 4) is 0 Å². The lowest BCUT2D eigenvalue weighted by Gasteiger charge is -2.21. The summed E-state index contributed by atoms with van der Waals surface area (Å²) in [4.78, 5) is 4.61. The molecule has 2 nitrogen and oxygen atoms in total. The van der Waals surface area contributed by atoms with Crippen LogP contribution in [0, 0.1) is 0 Å². The van der Waals surface area contributed by atoms with Gasteiger partial charge in [0.1, 0.15) is 0 Å². The van der Waals surface area contributed by atoms with E-state index in [9.17, 15) is 0 Å². The van der Waals surface area contributed by atoms with Crippen LogP contribution in [-0.4, -0.2) is 4.98 Å².